The van der Waals surface area contributed by atoms with Crippen LogP contribution in [-0.2, 0) is 9.59 Å². The largest absolute Gasteiger partial charge is 0.507 e. The molecule has 19 heteroatoms. The minimum absolute atomic E-state index is 0. The van der Waals surface area contributed by atoms with Gasteiger partial charge in [-0.3, -0.25) is 19.6 Å². The Kier molecular flexibility index (Phi) is 17.7. The number of nitrogens with one attached hydrogen (secondary N) is 2. The Labute approximate surface area is 352 Å². The molecule has 0 aromatic heterocycles. The number of hydrogen-bond donors (Lipinski definition) is 3. The van der Waals surface area contributed by atoms with E-state index in [4.69, 9.17) is 4.74 Å². The van der Waals surface area contributed by atoms with Crippen LogP contribution in [-0.4, -0.2) is 112 Å². The molecule has 2 aromatic rings. The Morgan fingerprint density at radius 1 is 0.825 bits per heavy atom. The number of benzene rings is 2. The number of phenolic OH excluding ortho intramolecular Hbond substituents is 1. The number of halogens is 4. The summed E-state index contributed by atoms with van der Waals surface area (Å²) in [6.07, 6.45) is 8.60. The van der Waals surface area contributed by atoms with E-state index in [1.807, 2.05) is 10.0 Å². The number of phenols is 1. The molecule has 0 atom stereocenters. The van der Waals surface area contributed by atoms with Crippen LogP contribution < -0.4 is 15.6 Å². The Morgan fingerprint density at radius 2 is 1.33 bits per heavy atom. The van der Waals surface area contributed by atoms with E-state index < -0.39 is 17.7 Å². The van der Waals surface area contributed by atoms with E-state index >= 15 is 0 Å². The van der Waals surface area contributed by atoms with Gasteiger partial charge in [-0.25, -0.2) is 24.4 Å². The molecule has 0 radical (unpaired) electrons. The highest BCUT2D eigenvalue weighted by Crippen LogP contribution is 2.34. The summed E-state index contributed by atoms with van der Waals surface area (Å²) >= 11 is 2.46. The van der Waals surface area contributed by atoms with E-state index in [1.165, 1.54) is 66.0 Å². The fraction of sp³-hybridized carbons (Fsp3) is 0.447. The van der Waals surface area contributed by atoms with Crippen molar-refractivity contribution in [1.29, 1.82) is 0 Å². The number of carbonyl (C=O) groups excluding carboxylic acids is 3. The number of likely N-dealkylation sites (tertiary alicyclic amines) is 1. The summed E-state index contributed by atoms with van der Waals surface area (Å²) in [5.41, 5.74) is 7.02. The Morgan fingerprint density at radius 3 is 1.84 bits per heavy atom. The van der Waals surface area contributed by atoms with E-state index in [1.54, 1.807) is 11.0 Å². The van der Waals surface area contributed by atoms with Crippen molar-refractivity contribution >= 4 is 88.7 Å². The number of aliphatic imine (C=N–C) groups is 2. The third kappa shape index (κ3) is 12.2. The first-order valence-electron chi connectivity index (χ1n) is 18.7. The van der Waals surface area contributed by atoms with Crippen LogP contribution in [0.15, 0.2) is 56.2 Å². The van der Waals surface area contributed by atoms with Gasteiger partial charge in [-0.15, -0.1) is 24.8 Å². The molecule has 3 N–H and O–H groups in total. The second-order valence-electron chi connectivity index (χ2n) is 13.3. The maximum absolute atomic E-state index is 14.0. The maximum atomic E-state index is 14.0. The number of hydrazine groups is 2. The van der Waals surface area contributed by atoms with Gasteiger partial charge in [-0.2, -0.15) is 9.98 Å². The van der Waals surface area contributed by atoms with Crippen LogP contribution in [0.2, 0.25) is 0 Å². The minimum Gasteiger partial charge on any atom is -0.507 e. The predicted molar refractivity (Wildman–Crippen MR) is 226 cm³/mol. The topological polar surface area (TPSA) is 142 Å². The van der Waals surface area contributed by atoms with Crippen LogP contribution in [0.1, 0.15) is 63.5 Å². The van der Waals surface area contributed by atoms with E-state index in [0.29, 0.717) is 44.8 Å². The molecule has 2 aromatic carbocycles. The lowest BCUT2D eigenvalue weighted by molar-refractivity contribution is -0.114. The number of piperidine rings is 1. The minimum atomic E-state index is -0.471. The summed E-state index contributed by atoms with van der Waals surface area (Å²) in [6, 6.07) is 8.04. The van der Waals surface area contributed by atoms with Crippen LogP contribution in [0.3, 0.4) is 0 Å². The van der Waals surface area contributed by atoms with Gasteiger partial charge < -0.3 is 19.6 Å². The summed E-state index contributed by atoms with van der Waals surface area (Å²) in [5, 5.41) is 14.6. The highest BCUT2D eigenvalue weighted by atomic mass is 35.5. The number of thioether (sulfide) groups is 2. The van der Waals surface area contributed by atoms with Gasteiger partial charge in [0, 0.05) is 56.4 Å². The Bertz CT molecular complexity index is 1880. The number of rotatable bonds is 6. The molecule has 3 fully saturated rings. The lowest BCUT2D eigenvalue weighted by Crippen LogP contribution is -2.47. The van der Waals surface area contributed by atoms with Crippen molar-refractivity contribution < 1.29 is 33.0 Å². The first-order chi connectivity index (χ1) is 26.6. The smallest absolute Gasteiger partial charge is 0.415 e. The molecule has 57 heavy (non-hydrogen) atoms. The highest BCUT2D eigenvalue weighted by molar-refractivity contribution is 8.18. The number of ether oxygens (including phenoxy) is 1. The summed E-state index contributed by atoms with van der Waals surface area (Å²) in [6.45, 7) is 10.8. The monoisotopic (exact) mass is 868 g/mol. The summed E-state index contributed by atoms with van der Waals surface area (Å²) in [7, 11) is 0. The van der Waals surface area contributed by atoms with Crippen molar-refractivity contribution in [3.63, 3.8) is 0 Å². The van der Waals surface area contributed by atoms with Gasteiger partial charge in [0.25, 0.3) is 11.8 Å². The van der Waals surface area contributed by atoms with Crippen molar-refractivity contribution in [3.8, 4) is 11.5 Å². The van der Waals surface area contributed by atoms with Gasteiger partial charge in [0.1, 0.15) is 23.1 Å². The Balaban J connectivity index is 0.000000270. The molecule has 5 aliphatic heterocycles. The molecule has 0 aliphatic carbocycles. The van der Waals surface area contributed by atoms with Crippen LogP contribution in [0.5, 0.6) is 11.5 Å². The van der Waals surface area contributed by atoms with E-state index in [2.05, 4.69) is 39.6 Å². The van der Waals surface area contributed by atoms with Crippen LogP contribution in [0, 0.1) is 11.6 Å². The van der Waals surface area contributed by atoms with Gasteiger partial charge in [-0.05, 0) is 124 Å². The van der Waals surface area contributed by atoms with Crippen molar-refractivity contribution in [2.24, 2.45) is 9.98 Å². The van der Waals surface area contributed by atoms with E-state index in [0.717, 1.165) is 77.8 Å². The molecule has 0 bridgehead atoms. The number of nitrogens with zero attached hydrogens (tertiary/aromatic N) is 6. The third-order valence-corrected chi connectivity index (χ3v) is 11.7. The van der Waals surface area contributed by atoms with Crippen molar-refractivity contribution in [3.05, 3.63) is 69.0 Å². The zero-order valence-electron chi connectivity index (χ0n) is 31.7. The summed E-state index contributed by atoms with van der Waals surface area (Å²) in [5.74, 6) is -1.53. The summed E-state index contributed by atoms with van der Waals surface area (Å²) in [4.78, 5) is 50.2. The zero-order valence-corrected chi connectivity index (χ0v) is 35.0. The molecule has 5 aliphatic rings. The van der Waals surface area contributed by atoms with E-state index in [9.17, 15) is 28.3 Å². The molecule has 0 spiro atoms. The van der Waals surface area contributed by atoms with Gasteiger partial charge in [0.2, 0.25) is 0 Å². The van der Waals surface area contributed by atoms with Crippen LogP contribution in [0.4, 0.5) is 13.6 Å². The molecular formula is C38H48Cl2F2N8O5S2. The SMILES string of the molecule is CCN(CC)C1CCN(C(=O)Oc2ccc(F)cc2/C=C2/SC(N3CCCCN3)=NC2=O)CC1.Cl.Cl.O=C1N=C(N2CCCCN2)S/C1=C\c1cc(F)ccc1O. The molecule has 0 saturated carbocycles. The summed E-state index contributed by atoms with van der Waals surface area (Å²) < 4.78 is 32.9. The second-order valence-corrected chi connectivity index (χ2v) is 15.4. The zero-order chi connectivity index (χ0) is 38.9. The fourth-order valence-corrected chi connectivity index (χ4v) is 8.51. The molecule has 13 nitrogen and oxygen atoms in total. The van der Waals surface area contributed by atoms with Crippen LogP contribution in [0.25, 0.3) is 12.2 Å². The first kappa shape index (κ1) is 46.0. The first-order valence-corrected chi connectivity index (χ1v) is 20.3. The predicted octanol–water partition coefficient (Wildman–Crippen LogP) is 6.65. The van der Waals surface area contributed by atoms with Gasteiger partial charge in [0.15, 0.2) is 10.3 Å². The van der Waals surface area contributed by atoms with Crippen molar-refractivity contribution in [1.82, 2.24) is 30.7 Å². The number of hydrogen-bond acceptors (Lipinski definition) is 12. The van der Waals surface area contributed by atoms with E-state index in [-0.39, 0.29) is 53.7 Å². The molecule has 310 valence electrons. The molecule has 3 amide bonds. The van der Waals surface area contributed by atoms with Gasteiger partial charge >= 0.3 is 6.09 Å². The number of amidine groups is 2. The standard InChI is InChI=1S/C24H32FN5O3S.C14H14FN3O2S.2ClH/c1-3-28(4-2)19-9-13-29(14-10-19)24(32)33-20-8-7-18(25)15-17(20)16-21-22(31)27-23(34-21)30-12-6-5-11-26-30;15-10-3-4-11(19)9(7-10)8-12-13(20)17-14(21-12)18-6-2-1-5-16-18;;/h7-8,15-16,19,26H,3-6,9-14H2,1-2H3;3-4,7-8,16,19H,1-2,5-6H2;2*1H/b21-16+;12-8-;;. The number of amides is 3. The average molecular weight is 870 g/mol. The van der Waals surface area contributed by atoms with Gasteiger partial charge in [-0.1, -0.05) is 13.8 Å². The molecular weight excluding hydrogens is 822 g/mol. The Hall–Kier alpha value is -3.71. The van der Waals surface area contributed by atoms with Crippen molar-refractivity contribution in [2.75, 3.05) is 52.4 Å². The fourth-order valence-electron chi connectivity index (χ4n) is 6.69. The lowest BCUT2D eigenvalue weighted by Gasteiger charge is -2.37. The lowest BCUT2D eigenvalue weighted by atomic mass is 10.0. The molecule has 7 rings (SSSR count). The molecule has 3 saturated heterocycles. The van der Waals surface area contributed by atoms with Crippen LogP contribution >= 0.6 is 48.3 Å². The highest BCUT2D eigenvalue weighted by Gasteiger charge is 2.30. The average Bonchev–Trinajstić information content (AvgIpc) is 3.76. The number of carbonyl (C=O) groups is 3. The van der Waals surface area contributed by atoms with Crippen molar-refractivity contribution in [2.45, 2.75) is 58.4 Å². The third-order valence-electron chi connectivity index (χ3n) is 9.69. The number of aromatic hydroxyl groups is 1. The second kappa shape index (κ2) is 21.9. The molecule has 0 unspecified atom stereocenters. The van der Waals surface area contributed by atoms with Gasteiger partial charge in [0.05, 0.1) is 9.81 Å². The molecule has 5 heterocycles. The normalized spacial score (nSPS) is 20.2. The maximum Gasteiger partial charge on any atom is 0.415 e. The quantitative estimate of drug-likeness (QED) is 0.268.